The summed E-state index contributed by atoms with van der Waals surface area (Å²) in [7, 11) is 2.98. The first-order valence-corrected chi connectivity index (χ1v) is 6.84. The van der Waals surface area contributed by atoms with Crippen molar-refractivity contribution in [2.75, 3.05) is 26.1 Å². The van der Waals surface area contributed by atoms with Crippen molar-refractivity contribution >= 4 is 11.8 Å². The number of hydrogen-bond acceptors (Lipinski definition) is 6. The topological polar surface area (TPSA) is 103 Å². The number of nitrogens with one attached hydrogen (secondary N) is 1. The van der Waals surface area contributed by atoms with Gasteiger partial charge in [-0.1, -0.05) is 0 Å². The second kappa shape index (κ2) is 7.33. The maximum absolute atomic E-state index is 11.9. The van der Waals surface area contributed by atoms with Crippen LogP contribution in [0.5, 0.6) is 11.5 Å². The fourth-order valence-electron chi connectivity index (χ4n) is 1.82. The van der Waals surface area contributed by atoms with Crippen molar-refractivity contribution in [2.45, 2.75) is 32.4 Å². The van der Waals surface area contributed by atoms with Crippen LogP contribution in [0.3, 0.4) is 0 Å². The number of carbonyl (C=O) groups excluding carboxylic acids is 1. The highest BCUT2D eigenvalue weighted by Crippen LogP contribution is 2.35. The lowest BCUT2D eigenvalue weighted by atomic mass is 10.0. The number of hydrogen-bond donors (Lipinski definition) is 3. The number of methoxy groups -OCH3 is 2. The fourth-order valence-corrected chi connectivity index (χ4v) is 1.82. The largest absolute Gasteiger partial charge is 0.493 e. The van der Waals surface area contributed by atoms with E-state index in [1.165, 1.54) is 14.2 Å². The molecule has 0 saturated carbocycles. The number of ether oxygens (including phenoxy) is 3. The predicted molar refractivity (Wildman–Crippen MR) is 83.4 cm³/mol. The molecule has 0 unspecified atom stereocenters. The molecule has 4 N–H and O–H groups in total. The summed E-state index contributed by atoms with van der Waals surface area (Å²) in [5, 5.41) is 11.9. The highest BCUT2D eigenvalue weighted by atomic mass is 16.6. The minimum absolute atomic E-state index is 0.279. The monoisotopic (exact) mass is 312 g/mol. The van der Waals surface area contributed by atoms with Gasteiger partial charge in [0.2, 0.25) is 0 Å². The lowest BCUT2D eigenvalue weighted by Gasteiger charge is -2.22. The summed E-state index contributed by atoms with van der Waals surface area (Å²) in [5.41, 5.74) is 6.17. The van der Waals surface area contributed by atoms with Gasteiger partial charge in [0.15, 0.2) is 11.5 Å². The van der Waals surface area contributed by atoms with Crippen molar-refractivity contribution in [2.24, 2.45) is 5.73 Å². The summed E-state index contributed by atoms with van der Waals surface area (Å²) < 4.78 is 15.6. The molecule has 0 aliphatic carbocycles. The molecule has 0 spiro atoms. The molecule has 0 aromatic heterocycles. The van der Waals surface area contributed by atoms with Gasteiger partial charge in [0.25, 0.3) is 0 Å². The second-order valence-corrected chi connectivity index (χ2v) is 5.71. The molecule has 0 aliphatic rings. The molecule has 124 valence electrons. The molecule has 7 nitrogen and oxygen atoms in total. The van der Waals surface area contributed by atoms with Crippen molar-refractivity contribution < 1.29 is 24.1 Å². The van der Waals surface area contributed by atoms with E-state index in [1.807, 2.05) is 0 Å². The molecular formula is C15H24N2O5. The summed E-state index contributed by atoms with van der Waals surface area (Å²) in [4.78, 5) is 11.9. The number of benzene rings is 1. The zero-order valence-electron chi connectivity index (χ0n) is 13.6. The van der Waals surface area contributed by atoms with Gasteiger partial charge in [-0.25, -0.2) is 4.79 Å². The molecule has 1 amide bonds. The number of aliphatic hydroxyl groups is 1. The van der Waals surface area contributed by atoms with Crippen LogP contribution in [0, 0.1) is 0 Å². The lowest BCUT2D eigenvalue weighted by molar-refractivity contribution is 0.0635. The van der Waals surface area contributed by atoms with E-state index in [4.69, 9.17) is 19.9 Å². The van der Waals surface area contributed by atoms with Crippen LogP contribution in [0.4, 0.5) is 10.5 Å². The van der Waals surface area contributed by atoms with Gasteiger partial charge in [-0.3, -0.25) is 5.32 Å². The quantitative estimate of drug-likeness (QED) is 0.769. The molecule has 22 heavy (non-hydrogen) atoms. The van der Waals surface area contributed by atoms with Gasteiger partial charge in [-0.15, -0.1) is 0 Å². The first kappa shape index (κ1) is 18.1. The molecule has 1 aromatic carbocycles. The van der Waals surface area contributed by atoms with Gasteiger partial charge < -0.3 is 25.1 Å². The average molecular weight is 312 g/mol. The van der Waals surface area contributed by atoms with Gasteiger partial charge in [-0.2, -0.15) is 0 Å². The first-order valence-electron chi connectivity index (χ1n) is 6.84. The number of carbonyl (C=O) groups is 1. The fraction of sp³-hybridized carbons (Fsp3) is 0.533. The molecule has 0 bridgehead atoms. The summed E-state index contributed by atoms with van der Waals surface area (Å²) in [6.07, 6.45) is -0.619. The predicted octanol–water partition coefficient (Wildman–Crippen LogP) is 2.04. The van der Waals surface area contributed by atoms with Crippen molar-refractivity contribution in [1.82, 2.24) is 0 Å². The van der Waals surface area contributed by atoms with Crippen molar-refractivity contribution in [3.8, 4) is 11.5 Å². The average Bonchev–Trinajstić information content (AvgIpc) is 2.43. The van der Waals surface area contributed by atoms with Crippen LogP contribution in [0.2, 0.25) is 0 Å². The molecule has 1 rings (SSSR count). The standard InChI is InChI=1S/C15H24N2O5/c1-15(2,3)22-14(19)17-11-7-13(21-5)12(20-4)6-9(11)10(16)8-18/h6-7,10,18H,8,16H2,1-5H3,(H,17,19)/t10-/m1/s1. The molecule has 0 heterocycles. The SMILES string of the molecule is COc1cc(NC(=O)OC(C)(C)C)c([C@H](N)CO)cc1OC. The number of anilines is 1. The maximum Gasteiger partial charge on any atom is 0.412 e. The Balaban J connectivity index is 3.17. The van der Waals surface area contributed by atoms with Crippen LogP contribution in [-0.2, 0) is 4.74 Å². The van der Waals surface area contributed by atoms with Gasteiger partial charge >= 0.3 is 6.09 Å². The van der Waals surface area contributed by atoms with Crippen LogP contribution in [0.25, 0.3) is 0 Å². The third-order valence-electron chi connectivity index (χ3n) is 2.79. The Bertz CT molecular complexity index is 525. The Morgan fingerprint density at radius 2 is 1.82 bits per heavy atom. The Morgan fingerprint density at radius 3 is 2.27 bits per heavy atom. The van der Waals surface area contributed by atoms with E-state index in [2.05, 4.69) is 5.32 Å². The molecule has 7 heteroatoms. The molecule has 0 saturated heterocycles. The molecule has 0 fully saturated rings. The van der Waals surface area contributed by atoms with E-state index < -0.39 is 17.7 Å². The summed E-state index contributed by atoms with van der Waals surface area (Å²) >= 11 is 0. The Kier molecular flexibility index (Phi) is 6.01. The van der Waals surface area contributed by atoms with E-state index >= 15 is 0 Å². The summed E-state index contributed by atoms with van der Waals surface area (Å²) in [6, 6.07) is 2.52. The minimum atomic E-state index is -0.676. The van der Waals surface area contributed by atoms with Crippen LogP contribution in [0.15, 0.2) is 12.1 Å². The molecular weight excluding hydrogens is 288 g/mol. The van der Waals surface area contributed by atoms with Crippen molar-refractivity contribution in [3.05, 3.63) is 17.7 Å². The number of rotatable bonds is 5. The van der Waals surface area contributed by atoms with Crippen LogP contribution in [-0.4, -0.2) is 37.6 Å². The lowest BCUT2D eigenvalue weighted by Crippen LogP contribution is -2.28. The number of nitrogens with two attached hydrogens (primary N) is 1. The normalized spacial score (nSPS) is 12.5. The molecule has 0 radical (unpaired) electrons. The summed E-state index contributed by atoms with van der Waals surface area (Å²) in [6.45, 7) is 5.02. The van der Waals surface area contributed by atoms with E-state index in [0.29, 0.717) is 22.7 Å². The Morgan fingerprint density at radius 1 is 1.27 bits per heavy atom. The highest BCUT2D eigenvalue weighted by molar-refractivity contribution is 5.87. The number of amides is 1. The van der Waals surface area contributed by atoms with Gasteiger partial charge in [0.05, 0.1) is 32.6 Å². The third-order valence-corrected chi connectivity index (χ3v) is 2.79. The van der Waals surface area contributed by atoms with E-state index in [1.54, 1.807) is 32.9 Å². The second-order valence-electron chi connectivity index (χ2n) is 5.71. The number of aliphatic hydroxyl groups excluding tert-OH is 1. The van der Waals surface area contributed by atoms with E-state index in [-0.39, 0.29) is 6.61 Å². The smallest absolute Gasteiger partial charge is 0.412 e. The van der Waals surface area contributed by atoms with Gasteiger partial charge in [0.1, 0.15) is 5.60 Å². The Hall–Kier alpha value is -1.99. The first-order chi connectivity index (χ1) is 10.2. The van der Waals surface area contributed by atoms with E-state index in [9.17, 15) is 9.90 Å². The maximum atomic E-state index is 11.9. The molecule has 1 atom stereocenters. The zero-order valence-corrected chi connectivity index (χ0v) is 13.6. The van der Waals surface area contributed by atoms with Gasteiger partial charge in [0, 0.05) is 6.07 Å². The minimum Gasteiger partial charge on any atom is -0.493 e. The van der Waals surface area contributed by atoms with Crippen LogP contribution in [0.1, 0.15) is 32.4 Å². The molecule has 0 aliphatic heterocycles. The van der Waals surface area contributed by atoms with Gasteiger partial charge in [-0.05, 0) is 32.4 Å². The van der Waals surface area contributed by atoms with Crippen LogP contribution < -0.4 is 20.5 Å². The molecule has 1 aromatic rings. The Labute approximate surface area is 130 Å². The zero-order chi connectivity index (χ0) is 16.9. The van der Waals surface area contributed by atoms with Crippen molar-refractivity contribution in [1.29, 1.82) is 0 Å². The van der Waals surface area contributed by atoms with E-state index in [0.717, 1.165) is 0 Å². The highest BCUT2D eigenvalue weighted by Gasteiger charge is 2.21. The van der Waals surface area contributed by atoms with Crippen molar-refractivity contribution in [3.63, 3.8) is 0 Å². The third kappa shape index (κ3) is 4.78. The van der Waals surface area contributed by atoms with Crippen LogP contribution >= 0.6 is 0 Å². The summed E-state index contributed by atoms with van der Waals surface area (Å²) in [5.74, 6) is 0.888.